The van der Waals surface area contributed by atoms with E-state index in [9.17, 15) is 23.1 Å². The van der Waals surface area contributed by atoms with Gasteiger partial charge in [0.1, 0.15) is 12.4 Å². The van der Waals surface area contributed by atoms with Crippen LogP contribution in [0, 0.1) is 5.92 Å². The number of esters is 1. The Hall–Kier alpha value is -2.91. The molecule has 1 atom stereocenters. The van der Waals surface area contributed by atoms with Crippen molar-refractivity contribution in [3.8, 4) is 5.75 Å². The lowest BCUT2D eigenvalue weighted by Crippen LogP contribution is -2.64. The monoisotopic (exact) mass is 435 g/mol. The van der Waals surface area contributed by atoms with E-state index in [1.165, 1.54) is 45.2 Å². The molecule has 0 spiro atoms. The predicted molar refractivity (Wildman–Crippen MR) is 109 cm³/mol. The fraction of sp³-hybridized carbons (Fsp3) is 0.333. The molecule has 0 aliphatic heterocycles. The highest BCUT2D eigenvalue weighted by atomic mass is 32.2. The summed E-state index contributed by atoms with van der Waals surface area (Å²) < 4.78 is 37.2. The van der Waals surface area contributed by atoms with Crippen molar-refractivity contribution in [2.24, 2.45) is 5.92 Å². The number of sulfonamides is 1. The van der Waals surface area contributed by atoms with E-state index in [1.54, 1.807) is 30.3 Å². The van der Waals surface area contributed by atoms with E-state index in [0.717, 1.165) is 7.05 Å². The van der Waals surface area contributed by atoms with Crippen LogP contribution in [0.15, 0.2) is 59.5 Å². The SMILES string of the molecule is COc1ccc(S(=O)(=O)N(C)[C@](C(=O)O)(C(=O)OCc2ccccc2)C(C)C)cc1. The van der Waals surface area contributed by atoms with Crippen molar-refractivity contribution in [2.45, 2.75) is 30.9 Å². The van der Waals surface area contributed by atoms with Crippen LogP contribution in [0.4, 0.5) is 0 Å². The highest BCUT2D eigenvalue weighted by Gasteiger charge is 2.58. The summed E-state index contributed by atoms with van der Waals surface area (Å²) >= 11 is 0. The van der Waals surface area contributed by atoms with E-state index in [2.05, 4.69) is 0 Å². The number of nitrogens with zero attached hydrogens (tertiary/aromatic N) is 1. The molecular formula is C21H25NO7S. The summed E-state index contributed by atoms with van der Waals surface area (Å²) in [5.41, 5.74) is -1.80. The molecule has 0 heterocycles. The number of rotatable bonds is 9. The third-order valence-electron chi connectivity index (χ3n) is 4.90. The number of ether oxygens (including phenoxy) is 2. The Morgan fingerprint density at radius 3 is 2.10 bits per heavy atom. The van der Waals surface area contributed by atoms with E-state index in [-0.39, 0.29) is 11.5 Å². The van der Waals surface area contributed by atoms with Gasteiger partial charge in [-0.05, 0) is 35.7 Å². The van der Waals surface area contributed by atoms with Crippen LogP contribution in [0.25, 0.3) is 0 Å². The molecule has 162 valence electrons. The van der Waals surface area contributed by atoms with Crippen molar-refractivity contribution in [3.05, 3.63) is 60.2 Å². The molecule has 0 radical (unpaired) electrons. The number of hydrogen-bond acceptors (Lipinski definition) is 6. The maximum Gasteiger partial charge on any atom is 0.339 e. The van der Waals surface area contributed by atoms with E-state index >= 15 is 0 Å². The third-order valence-corrected chi connectivity index (χ3v) is 6.78. The van der Waals surface area contributed by atoms with Gasteiger partial charge in [-0.2, -0.15) is 4.31 Å². The summed E-state index contributed by atoms with van der Waals surface area (Å²) in [6.07, 6.45) is 0. The molecule has 0 fully saturated rings. The second-order valence-corrected chi connectivity index (χ2v) is 8.91. The Morgan fingerprint density at radius 1 is 1.07 bits per heavy atom. The van der Waals surface area contributed by atoms with Gasteiger partial charge in [-0.25, -0.2) is 18.0 Å². The Morgan fingerprint density at radius 2 is 1.63 bits per heavy atom. The maximum atomic E-state index is 13.2. The summed E-state index contributed by atoms with van der Waals surface area (Å²) in [5.74, 6) is -3.26. The van der Waals surface area contributed by atoms with Crippen LogP contribution in [-0.4, -0.2) is 49.5 Å². The van der Waals surface area contributed by atoms with Gasteiger partial charge in [0, 0.05) is 7.05 Å². The molecule has 0 aliphatic carbocycles. The average molecular weight is 435 g/mol. The Kier molecular flexibility index (Phi) is 7.22. The van der Waals surface area contributed by atoms with Crippen LogP contribution in [0.1, 0.15) is 19.4 Å². The topological polar surface area (TPSA) is 110 Å². The van der Waals surface area contributed by atoms with Gasteiger partial charge in [-0.15, -0.1) is 0 Å². The molecule has 0 aliphatic rings. The number of hydrogen-bond donors (Lipinski definition) is 1. The zero-order valence-corrected chi connectivity index (χ0v) is 18.0. The van der Waals surface area contributed by atoms with E-state index in [1.807, 2.05) is 0 Å². The quantitative estimate of drug-likeness (QED) is 0.476. The maximum absolute atomic E-state index is 13.2. The zero-order valence-electron chi connectivity index (χ0n) is 17.2. The number of carbonyl (C=O) groups is 2. The molecule has 1 N–H and O–H groups in total. The molecule has 0 aromatic heterocycles. The summed E-state index contributed by atoms with van der Waals surface area (Å²) in [4.78, 5) is 25.1. The van der Waals surface area contributed by atoms with Gasteiger partial charge in [-0.1, -0.05) is 44.2 Å². The number of aliphatic carboxylic acids is 1. The summed E-state index contributed by atoms with van der Waals surface area (Å²) in [6, 6.07) is 14.1. The second-order valence-electron chi connectivity index (χ2n) is 6.94. The van der Waals surface area contributed by atoms with E-state index < -0.39 is 33.4 Å². The van der Waals surface area contributed by atoms with Gasteiger partial charge >= 0.3 is 11.9 Å². The first-order valence-electron chi connectivity index (χ1n) is 9.16. The Bertz CT molecular complexity index is 988. The molecule has 0 amide bonds. The highest BCUT2D eigenvalue weighted by molar-refractivity contribution is 7.89. The molecule has 2 rings (SSSR count). The fourth-order valence-electron chi connectivity index (χ4n) is 3.13. The molecule has 0 bridgehead atoms. The van der Waals surface area contributed by atoms with E-state index in [4.69, 9.17) is 9.47 Å². The van der Waals surface area contributed by atoms with Gasteiger partial charge in [0.2, 0.25) is 15.6 Å². The van der Waals surface area contributed by atoms with Crippen molar-refractivity contribution >= 4 is 22.0 Å². The fourth-order valence-corrected chi connectivity index (χ4v) is 4.66. The van der Waals surface area contributed by atoms with Crippen LogP contribution in [0.3, 0.4) is 0 Å². The normalized spacial score (nSPS) is 13.7. The first-order chi connectivity index (χ1) is 14.1. The summed E-state index contributed by atoms with van der Waals surface area (Å²) in [7, 11) is -1.84. The Labute approximate surface area is 176 Å². The first kappa shape index (κ1) is 23.4. The molecular weight excluding hydrogens is 410 g/mol. The molecule has 0 saturated carbocycles. The summed E-state index contributed by atoms with van der Waals surface area (Å²) in [6.45, 7) is 2.73. The van der Waals surface area contributed by atoms with Crippen molar-refractivity contribution < 1.29 is 32.6 Å². The lowest BCUT2D eigenvalue weighted by molar-refractivity contribution is -0.171. The van der Waals surface area contributed by atoms with Gasteiger partial charge in [-0.3, -0.25) is 0 Å². The smallest absolute Gasteiger partial charge is 0.339 e. The largest absolute Gasteiger partial charge is 0.497 e. The van der Waals surface area contributed by atoms with Gasteiger partial charge < -0.3 is 14.6 Å². The third kappa shape index (κ3) is 4.31. The lowest BCUT2D eigenvalue weighted by Gasteiger charge is -2.38. The molecule has 2 aromatic rings. The number of likely N-dealkylation sites (N-methyl/N-ethyl adjacent to an activating group) is 1. The highest BCUT2D eigenvalue weighted by Crippen LogP contribution is 2.32. The number of carboxylic acids is 1. The minimum atomic E-state index is -4.34. The zero-order chi connectivity index (χ0) is 22.5. The lowest BCUT2D eigenvalue weighted by atomic mass is 9.86. The van der Waals surface area contributed by atoms with Crippen LogP contribution < -0.4 is 4.74 Å². The number of benzene rings is 2. The minimum absolute atomic E-state index is 0.173. The number of carboxylic acid groups (broad SMARTS) is 1. The molecule has 30 heavy (non-hydrogen) atoms. The van der Waals surface area contributed by atoms with Crippen molar-refractivity contribution in [2.75, 3.05) is 14.2 Å². The second kappa shape index (κ2) is 9.27. The number of carbonyl (C=O) groups excluding carboxylic acids is 1. The Balaban J connectivity index is 2.45. The average Bonchev–Trinajstić information content (AvgIpc) is 2.72. The van der Waals surface area contributed by atoms with Crippen LogP contribution in [0.5, 0.6) is 5.75 Å². The minimum Gasteiger partial charge on any atom is -0.497 e. The molecule has 2 aromatic carbocycles. The van der Waals surface area contributed by atoms with Crippen molar-refractivity contribution in [3.63, 3.8) is 0 Å². The first-order valence-corrected chi connectivity index (χ1v) is 10.6. The van der Waals surface area contributed by atoms with Crippen LogP contribution in [-0.2, 0) is 31.0 Å². The summed E-state index contributed by atoms with van der Waals surface area (Å²) in [5, 5.41) is 10.00. The number of methoxy groups -OCH3 is 1. The molecule has 9 heteroatoms. The van der Waals surface area contributed by atoms with Crippen LogP contribution >= 0.6 is 0 Å². The van der Waals surface area contributed by atoms with Crippen LogP contribution in [0.2, 0.25) is 0 Å². The molecule has 0 unspecified atom stereocenters. The van der Waals surface area contributed by atoms with Gasteiger partial charge in [0.15, 0.2) is 0 Å². The van der Waals surface area contributed by atoms with Crippen molar-refractivity contribution in [1.29, 1.82) is 0 Å². The van der Waals surface area contributed by atoms with Gasteiger partial charge in [0.25, 0.3) is 0 Å². The standard InChI is InChI=1S/C21H25NO7S/c1-15(2)21(19(23)24,20(25)29-14-16-8-6-5-7-9-16)22(3)30(26,27)18-12-10-17(28-4)11-13-18/h5-13,15H,14H2,1-4H3,(H,23,24)/t21-/m1/s1. The van der Waals surface area contributed by atoms with Gasteiger partial charge in [0.05, 0.1) is 12.0 Å². The van der Waals surface area contributed by atoms with Crippen molar-refractivity contribution in [1.82, 2.24) is 4.31 Å². The molecule has 8 nitrogen and oxygen atoms in total. The predicted octanol–water partition coefficient (Wildman–Crippen LogP) is 2.54. The van der Waals surface area contributed by atoms with E-state index in [0.29, 0.717) is 15.6 Å². The molecule has 0 saturated heterocycles.